The van der Waals surface area contributed by atoms with Gasteiger partial charge in [-0.2, -0.15) is 0 Å². The van der Waals surface area contributed by atoms with Crippen LogP contribution in [0.1, 0.15) is 5.56 Å². The second-order valence-corrected chi connectivity index (χ2v) is 5.55. The van der Waals surface area contributed by atoms with Crippen molar-refractivity contribution in [2.24, 2.45) is 0 Å². The molecule has 0 aliphatic rings. The van der Waals surface area contributed by atoms with Crippen molar-refractivity contribution < 1.29 is 9.50 Å². The van der Waals surface area contributed by atoms with Crippen LogP contribution in [0.5, 0.6) is 5.75 Å². The summed E-state index contributed by atoms with van der Waals surface area (Å²) in [6.07, 6.45) is 1.62. The van der Waals surface area contributed by atoms with Gasteiger partial charge in [-0.15, -0.1) is 0 Å². The molecule has 0 bridgehead atoms. The van der Waals surface area contributed by atoms with Gasteiger partial charge in [0, 0.05) is 16.8 Å². The highest BCUT2D eigenvalue weighted by Crippen LogP contribution is 2.22. The molecular formula is C18H13ClFNO2. The summed E-state index contributed by atoms with van der Waals surface area (Å²) in [5.41, 5.74) is 1.59. The fraction of sp³-hybridized carbons (Fsp3) is 0.0556. The zero-order valence-electron chi connectivity index (χ0n) is 12.0. The first kappa shape index (κ1) is 15.3. The monoisotopic (exact) mass is 329 g/mol. The molecule has 3 rings (SSSR count). The highest BCUT2D eigenvalue weighted by Gasteiger charge is 2.09. The van der Waals surface area contributed by atoms with Crippen molar-refractivity contribution in [3.05, 3.63) is 87.6 Å². The molecule has 3 aromatic rings. The Bertz CT molecular complexity index is 904. The number of aromatic hydroxyl groups is 1. The summed E-state index contributed by atoms with van der Waals surface area (Å²) < 4.78 is 14.4. The lowest BCUT2D eigenvalue weighted by atomic mass is 10.1. The summed E-state index contributed by atoms with van der Waals surface area (Å²) in [6.45, 7) is 0.237. The molecule has 0 saturated heterocycles. The van der Waals surface area contributed by atoms with E-state index in [1.54, 1.807) is 30.5 Å². The minimum atomic E-state index is -0.504. The normalized spacial score (nSPS) is 10.7. The van der Waals surface area contributed by atoms with E-state index in [1.807, 2.05) is 12.1 Å². The smallest absolute Gasteiger partial charge is 0.292 e. The third kappa shape index (κ3) is 3.27. The van der Waals surface area contributed by atoms with E-state index in [1.165, 1.54) is 22.8 Å². The number of benzene rings is 2. The highest BCUT2D eigenvalue weighted by molar-refractivity contribution is 6.31. The van der Waals surface area contributed by atoms with Gasteiger partial charge < -0.3 is 9.67 Å². The van der Waals surface area contributed by atoms with Gasteiger partial charge in [-0.25, -0.2) is 4.39 Å². The van der Waals surface area contributed by atoms with Gasteiger partial charge in [0.15, 0.2) is 5.75 Å². The molecule has 0 amide bonds. The van der Waals surface area contributed by atoms with Crippen LogP contribution in [0.15, 0.2) is 65.6 Å². The Hall–Kier alpha value is -2.59. The summed E-state index contributed by atoms with van der Waals surface area (Å²) in [6, 6.07) is 14.4. The van der Waals surface area contributed by atoms with Crippen molar-refractivity contribution in [3.8, 4) is 16.9 Å². The van der Waals surface area contributed by atoms with Crippen molar-refractivity contribution in [2.75, 3.05) is 0 Å². The lowest BCUT2D eigenvalue weighted by Gasteiger charge is -2.11. The molecule has 2 aromatic carbocycles. The summed E-state index contributed by atoms with van der Waals surface area (Å²) in [4.78, 5) is 12.1. The van der Waals surface area contributed by atoms with Gasteiger partial charge in [-0.05, 0) is 35.4 Å². The number of nitrogens with zero attached hydrogens (tertiary/aromatic N) is 1. The van der Waals surface area contributed by atoms with E-state index < -0.39 is 5.56 Å². The molecule has 0 saturated carbocycles. The van der Waals surface area contributed by atoms with Crippen molar-refractivity contribution >= 4 is 11.6 Å². The number of hydrogen-bond acceptors (Lipinski definition) is 2. The largest absolute Gasteiger partial charge is 0.503 e. The van der Waals surface area contributed by atoms with Gasteiger partial charge in [-0.3, -0.25) is 4.79 Å². The molecule has 1 aromatic heterocycles. The second kappa shape index (κ2) is 6.26. The van der Waals surface area contributed by atoms with Gasteiger partial charge in [0.05, 0.1) is 6.54 Å². The van der Waals surface area contributed by atoms with Crippen LogP contribution in [0.25, 0.3) is 11.1 Å². The Balaban J connectivity index is 2.05. The molecule has 0 aliphatic carbocycles. The quantitative estimate of drug-likeness (QED) is 0.787. The molecule has 1 N–H and O–H groups in total. The van der Waals surface area contributed by atoms with Crippen LogP contribution in [0.3, 0.4) is 0 Å². The van der Waals surface area contributed by atoms with Gasteiger partial charge in [-0.1, -0.05) is 41.9 Å². The van der Waals surface area contributed by atoms with Crippen molar-refractivity contribution in [2.45, 2.75) is 6.54 Å². The predicted molar refractivity (Wildman–Crippen MR) is 88.3 cm³/mol. The third-order valence-corrected chi connectivity index (χ3v) is 3.91. The van der Waals surface area contributed by atoms with Gasteiger partial charge >= 0.3 is 0 Å². The molecule has 0 radical (unpaired) electrons. The molecule has 0 unspecified atom stereocenters. The molecule has 5 heteroatoms. The average molecular weight is 330 g/mol. The Labute approximate surface area is 137 Å². The molecule has 116 valence electrons. The molecule has 0 fully saturated rings. The van der Waals surface area contributed by atoms with Crippen LogP contribution in [0.2, 0.25) is 5.02 Å². The number of pyridine rings is 1. The van der Waals surface area contributed by atoms with Crippen LogP contribution in [0.4, 0.5) is 4.39 Å². The van der Waals surface area contributed by atoms with E-state index in [4.69, 9.17) is 11.6 Å². The van der Waals surface area contributed by atoms with Crippen LogP contribution in [-0.2, 0) is 6.54 Å². The Morgan fingerprint density at radius 2 is 1.74 bits per heavy atom. The lowest BCUT2D eigenvalue weighted by molar-refractivity contribution is 0.459. The Kier molecular flexibility index (Phi) is 4.17. The van der Waals surface area contributed by atoms with Gasteiger partial charge in [0.2, 0.25) is 0 Å². The second-order valence-electron chi connectivity index (χ2n) is 5.15. The summed E-state index contributed by atoms with van der Waals surface area (Å²) in [5, 5.41) is 10.5. The van der Waals surface area contributed by atoms with Crippen molar-refractivity contribution in [1.29, 1.82) is 0 Å². The lowest BCUT2D eigenvalue weighted by Crippen LogP contribution is -2.20. The Morgan fingerprint density at radius 3 is 2.43 bits per heavy atom. The van der Waals surface area contributed by atoms with Gasteiger partial charge in [0.25, 0.3) is 5.56 Å². The van der Waals surface area contributed by atoms with E-state index >= 15 is 0 Å². The molecule has 0 atom stereocenters. The van der Waals surface area contributed by atoms with Crippen LogP contribution < -0.4 is 5.56 Å². The molecule has 23 heavy (non-hydrogen) atoms. The molecular weight excluding hydrogens is 317 g/mol. The fourth-order valence-electron chi connectivity index (χ4n) is 2.35. The van der Waals surface area contributed by atoms with E-state index in [2.05, 4.69) is 0 Å². The standard InChI is InChI=1S/C18H13ClFNO2/c19-16-4-2-1-3-13(16)10-21-11-14(9-17(22)18(21)23)12-5-7-15(20)8-6-12/h1-9,11,22H,10H2. The number of aromatic nitrogens is 1. The predicted octanol–water partition coefficient (Wildman–Crippen LogP) is 4.06. The summed E-state index contributed by atoms with van der Waals surface area (Å²) >= 11 is 6.12. The van der Waals surface area contributed by atoms with Crippen molar-refractivity contribution in [1.82, 2.24) is 4.57 Å². The van der Waals surface area contributed by atoms with E-state index in [0.717, 1.165) is 5.56 Å². The summed E-state index contributed by atoms with van der Waals surface area (Å²) in [5.74, 6) is -0.707. The maximum atomic E-state index is 13.0. The topological polar surface area (TPSA) is 42.2 Å². The molecule has 0 aliphatic heterocycles. The van der Waals surface area contributed by atoms with Gasteiger partial charge in [0.1, 0.15) is 5.82 Å². The first-order valence-corrected chi connectivity index (χ1v) is 7.35. The first-order chi connectivity index (χ1) is 11.0. The maximum absolute atomic E-state index is 13.0. The summed E-state index contributed by atoms with van der Waals surface area (Å²) in [7, 11) is 0. The number of rotatable bonds is 3. The first-order valence-electron chi connectivity index (χ1n) is 6.97. The average Bonchev–Trinajstić information content (AvgIpc) is 2.54. The zero-order valence-corrected chi connectivity index (χ0v) is 12.8. The zero-order chi connectivity index (χ0) is 16.4. The SMILES string of the molecule is O=c1c(O)cc(-c2ccc(F)cc2)cn1Cc1ccccc1Cl. The van der Waals surface area contributed by atoms with Crippen LogP contribution >= 0.6 is 11.6 Å². The minimum absolute atomic E-state index is 0.237. The maximum Gasteiger partial charge on any atom is 0.292 e. The minimum Gasteiger partial charge on any atom is -0.503 e. The van der Waals surface area contributed by atoms with E-state index in [9.17, 15) is 14.3 Å². The highest BCUT2D eigenvalue weighted by atomic mass is 35.5. The molecule has 1 heterocycles. The Morgan fingerprint density at radius 1 is 1.04 bits per heavy atom. The van der Waals surface area contributed by atoms with E-state index in [0.29, 0.717) is 16.1 Å². The van der Waals surface area contributed by atoms with E-state index in [-0.39, 0.29) is 18.1 Å². The molecule has 0 spiro atoms. The van der Waals surface area contributed by atoms with Crippen LogP contribution in [-0.4, -0.2) is 9.67 Å². The number of hydrogen-bond donors (Lipinski definition) is 1. The van der Waals surface area contributed by atoms with Crippen LogP contribution in [0, 0.1) is 5.82 Å². The fourth-order valence-corrected chi connectivity index (χ4v) is 2.54. The third-order valence-electron chi connectivity index (χ3n) is 3.54. The van der Waals surface area contributed by atoms with Crippen molar-refractivity contribution in [3.63, 3.8) is 0 Å². The molecule has 3 nitrogen and oxygen atoms in total. The number of halogens is 2.